The summed E-state index contributed by atoms with van der Waals surface area (Å²) in [5.74, 6) is 1.21. The van der Waals surface area contributed by atoms with Gasteiger partial charge in [0.15, 0.2) is 11.5 Å². The number of nitrogens with one attached hydrogen (secondary N) is 1. The smallest absolute Gasteiger partial charge is 0.317 e. The highest BCUT2D eigenvalue weighted by Crippen LogP contribution is 2.32. The number of carbonyl (C=O) groups is 1. The summed E-state index contributed by atoms with van der Waals surface area (Å²) in [6.07, 6.45) is 3.55. The Balaban J connectivity index is 1.29. The normalized spacial score (nSPS) is 21.0. The molecule has 2 heterocycles. The Labute approximate surface area is 158 Å². The Morgan fingerprint density at radius 3 is 2.48 bits per heavy atom. The van der Waals surface area contributed by atoms with Crippen LogP contribution in [0, 0.1) is 13.8 Å². The molecule has 1 aromatic heterocycles. The number of ether oxygens (including phenoxy) is 3. The van der Waals surface area contributed by atoms with Crippen molar-refractivity contribution in [1.29, 1.82) is 0 Å². The fourth-order valence-corrected chi connectivity index (χ4v) is 3.53. The predicted octanol–water partition coefficient (Wildman–Crippen LogP) is 2.94. The second kappa shape index (κ2) is 7.42. The van der Waals surface area contributed by atoms with Gasteiger partial charge in [0.05, 0.1) is 0 Å². The number of hydrogen-bond donors (Lipinski definition) is 1. The van der Waals surface area contributed by atoms with Gasteiger partial charge in [0.25, 0.3) is 5.91 Å². The van der Waals surface area contributed by atoms with Gasteiger partial charge in [-0.05, 0) is 63.8 Å². The van der Waals surface area contributed by atoms with Crippen LogP contribution in [-0.4, -0.2) is 34.8 Å². The highest BCUT2D eigenvalue weighted by molar-refractivity contribution is 5.95. The van der Waals surface area contributed by atoms with Crippen LogP contribution in [0.15, 0.2) is 24.3 Å². The molecule has 27 heavy (non-hydrogen) atoms. The lowest BCUT2D eigenvalue weighted by atomic mass is 9.92. The lowest BCUT2D eigenvalue weighted by molar-refractivity contribution is 0.0884. The number of aromatic nitrogens is 2. The van der Waals surface area contributed by atoms with Gasteiger partial charge in [-0.1, -0.05) is 0 Å². The molecule has 0 spiro atoms. The van der Waals surface area contributed by atoms with Crippen LogP contribution in [-0.2, 0) is 0 Å². The molecule has 1 aromatic carbocycles. The van der Waals surface area contributed by atoms with E-state index < -0.39 is 0 Å². The first kappa shape index (κ1) is 17.6. The van der Waals surface area contributed by atoms with Crippen LogP contribution < -0.4 is 19.5 Å². The molecule has 2 aliphatic rings. The van der Waals surface area contributed by atoms with E-state index >= 15 is 0 Å². The molecule has 7 nitrogen and oxygen atoms in total. The van der Waals surface area contributed by atoms with E-state index in [9.17, 15) is 4.79 Å². The molecule has 1 N–H and O–H groups in total. The molecule has 0 radical (unpaired) electrons. The Morgan fingerprint density at radius 2 is 1.74 bits per heavy atom. The maximum absolute atomic E-state index is 12.5. The molecular formula is C20H23N3O4. The van der Waals surface area contributed by atoms with E-state index in [1.54, 1.807) is 18.2 Å². The van der Waals surface area contributed by atoms with Gasteiger partial charge in [-0.15, -0.1) is 0 Å². The fraction of sp³-hybridized carbons (Fsp3) is 0.450. The maximum atomic E-state index is 12.5. The molecular weight excluding hydrogens is 346 g/mol. The number of rotatable bonds is 4. The zero-order valence-corrected chi connectivity index (χ0v) is 15.5. The van der Waals surface area contributed by atoms with E-state index in [0.29, 0.717) is 23.1 Å². The van der Waals surface area contributed by atoms with E-state index in [2.05, 4.69) is 15.3 Å². The van der Waals surface area contributed by atoms with Crippen LogP contribution in [0.4, 0.5) is 0 Å². The molecule has 4 rings (SSSR count). The summed E-state index contributed by atoms with van der Waals surface area (Å²) < 4.78 is 16.6. The minimum atomic E-state index is -0.0877. The molecule has 7 heteroatoms. The Kier molecular flexibility index (Phi) is 4.83. The standard InChI is InChI=1S/C20H23N3O4/c1-12-9-13(2)22-20(21-12)27-16-6-4-15(5-7-16)23-19(24)14-3-8-17-18(10-14)26-11-25-17/h3,8-10,15-16H,4-7,11H2,1-2H3,(H,23,24). The number of fused-ring (bicyclic) bond motifs is 1. The number of aryl methyl sites for hydroxylation is 2. The quantitative estimate of drug-likeness (QED) is 0.892. The van der Waals surface area contributed by atoms with Crippen LogP contribution in [0.5, 0.6) is 17.5 Å². The second-order valence-corrected chi connectivity index (χ2v) is 7.07. The van der Waals surface area contributed by atoms with Gasteiger partial charge >= 0.3 is 6.01 Å². The zero-order valence-electron chi connectivity index (χ0n) is 15.5. The summed E-state index contributed by atoms with van der Waals surface area (Å²) in [5, 5.41) is 3.11. The lowest BCUT2D eigenvalue weighted by Crippen LogP contribution is -2.39. The zero-order chi connectivity index (χ0) is 18.8. The van der Waals surface area contributed by atoms with Crippen molar-refractivity contribution < 1.29 is 19.0 Å². The van der Waals surface area contributed by atoms with Gasteiger partial charge in [0.2, 0.25) is 6.79 Å². The van der Waals surface area contributed by atoms with Crippen LogP contribution >= 0.6 is 0 Å². The van der Waals surface area contributed by atoms with Crippen LogP contribution in [0.1, 0.15) is 47.4 Å². The van der Waals surface area contributed by atoms with Crippen molar-refractivity contribution >= 4 is 5.91 Å². The molecule has 1 aliphatic heterocycles. The SMILES string of the molecule is Cc1cc(C)nc(OC2CCC(NC(=O)c3ccc4c(c3)OCO4)CC2)n1. The van der Waals surface area contributed by atoms with Gasteiger partial charge in [-0.3, -0.25) is 4.79 Å². The summed E-state index contributed by atoms with van der Waals surface area (Å²) in [4.78, 5) is 21.2. The summed E-state index contributed by atoms with van der Waals surface area (Å²) in [5.41, 5.74) is 2.39. The highest BCUT2D eigenvalue weighted by atomic mass is 16.7. The number of carbonyl (C=O) groups excluding carboxylic acids is 1. The number of nitrogens with zero attached hydrogens (tertiary/aromatic N) is 2. The first-order valence-corrected chi connectivity index (χ1v) is 9.26. The average Bonchev–Trinajstić information content (AvgIpc) is 3.10. The molecule has 0 bridgehead atoms. The Morgan fingerprint density at radius 1 is 1.04 bits per heavy atom. The van der Waals surface area contributed by atoms with Crippen molar-refractivity contribution in [2.75, 3.05) is 6.79 Å². The van der Waals surface area contributed by atoms with E-state index in [1.807, 2.05) is 19.9 Å². The molecule has 0 saturated heterocycles. The van der Waals surface area contributed by atoms with Gasteiger partial charge in [0.1, 0.15) is 6.10 Å². The van der Waals surface area contributed by atoms with Crippen LogP contribution in [0.2, 0.25) is 0 Å². The monoisotopic (exact) mass is 369 g/mol. The first-order valence-electron chi connectivity index (χ1n) is 9.26. The third-order valence-electron chi connectivity index (χ3n) is 4.88. The van der Waals surface area contributed by atoms with Crippen molar-refractivity contribution in [2.45, 2.75) is 51.7 Å². The van der Waals surface area contributed by atoms with E-state index in [0.717, 1.165) is 37.1 Å². The predicted molar refractivity (Wildman–Crippen MR) is 98.2 cm³/mol. The fourth-order valence-electron chi connectivity index (χ4n) is 3.53. The van der Waals surface area contributed by atoms with Crippen molar-refractivity contribution in [3.05, 3.63) is 41.2 Å². The third-order valence-corrected chi connectivity index (χ3v) is 4.88. The molecule has 0 atom stereocenters. The van der Waals surface area contributed by atoms with Gasteiger partial charge < -0.3 is 19.5 Å². The molecule has 142 valence electrons. The highest BCUT2D eigenvalue weighted by Gasteiger charge is 2.25. The number of hydrogen-bond acceptors (Lipinski definition) is 6. The Bertz CT molecular complexity index is 827. The van der Waals surface area contributed by atoms with E-state index in [1.165, 1.54) is 0 Å². The summed E-state index contributed by atoms with van der Waals surface area (Å²) in [7, 11) is 0. The van der Waals surface area contributed by atoms with Crippen molar-refractivity contribution in [3.8, 4) is 17.5 Å². The van der Waals surface area contributed by atoms with Gasteiger partial charge in [0, 0.05) is 23.0 Å². The van der Waals surface area contributed by atoms with Crippen LogP contribution in [0.3, 0.4) is 0 Å². The first-order chi connectivity index (χ1) is 13.1. The van der Waals surface area contributed by atoms with Crippen molar-refractivity contribution in [2.24, 2.45) is 0 Å². The topological polar surface area (TPSA) is 82.6 Å². The Hall–Kier alpha value is -2.83. The molecule has 1 aliphatic carbocycles. The molecule has 1 saturated carbocycles. The summed E-state index contributed by atoms with van der Waals surface area (Å²) in [6, 6.07) is 7.77. The summed E-state index contributed by atoms with van der Waals surface area (Å²) in [6.45, 7) is 4.07. The minimum absolute atomic E-state index is 0.0877. The number of benzene rings is 1. The van der Waals surface area contributed by atoms with Crippen molar-refractivity contribution in [3.63, 3.8) is 0 Å². The van der Waals surface area contributed by atoms with Crippen molar-refractivity contribution in [1.82, 2.24) is 15.3 Å². The average molecular weight is 369 g/mol. The third kappa shape index (κ3) is 4.13. The second-order valence-electron chi connectivity index (χ2n) is 7.07. The maximum Gasteiger partial charge on any atom is 0.317 e. The largest absolute Gasteiger partial charge is 0.460 e. The molecule has 1 fully saturated rings. The van der Waals surface area contributed by atoms with Crippen LogP contribution in [0.25, 0.3) is 0 Å². The molecule has 1 amide bonds. The number of amides is 1. The minimum Gasteiger partial charge on any atom is -0.460 e. The molecule has 2 aromatic rings. The van der Waals surface area contributed by atoms with Gasteiger partial charge in [-0.2, -0.15) is 0 Å². The summed E-state index contributed by atoms with van der Waals surface area (Å²) >= 11 is 0. The molecule has 0 unspecified atom stereocenters. The van der Waals surface area contributed by atoms with E-state index in [4.69, 9.17) is 14.2 Å². The van der Waals surface area contributed by atoms with E-state index in [-0.39, 0.29) is 24.8 Å². The van der Waals surface area contributed by atoms with Gasteiger partial charge in [-0.25, -0.2) is 9.97 Å². The lowest BCUT2D eigenvalue weighted by Gasteiger charge is -2.29.